The van der Waals surface area contributed by atoms with Gasteiger partial charge in [-0.15, -0.1) is 12.6 Å². The molecule has 1 aliphatic heterocycles. The molecule has 0 saturated heterocycles. The normalized spacial score (nSPS) is 17.9. The van der Waals surface area contributed by atoms with E-state index in [1.54, 1.807) is 24.3 Å². The van der Waals surface area contributed by atoms with Crippen molar-refractivity contribution >= 4 is 30.6 Å². The third-order valence-corrected chi connectivity index (χ3v) is 3.73. The first kappa shape index (κ1) is 19.2. The number of nitrogens with one attached hydrogen (secondary N) is 2. The molecule has 1 heterocycles. The van der Waals surface area contributed by atoms with Crippen LogP contribution in [0.25, 0.3) is 6.08 Å². The average Bonchev–Trinajstić information content (AvgIpc) is 2.60. The second-order valence-electron chi connectivity index (χ2n) is 5.23. The lowest BCUT2D eigenvalue weighted by atomic mass is 10.1. The zero-order valence-electron chi connectivity index (χ0n) is 14.0. The molecule has 1 aromatic carbocycles. The predicted molar refractivity (Wildman–Crippen MR) is 96.4 cm³/mol. The maximum Gasteiger partial charge on any atom is 0.344 e. The number of ether oxygens (including phenoxy) is 2. The van der Waals surface area contributed by atoms with Crippen LogP contribution in [0.5, 0.6) is 11.5 Å². The van der Waals surface area contributed by atoms with Gasteiger partial charge in [-0.1, -0.05) is 12.1 Å². The van der Waals surface area contributed by atoms with Crippen LogP contribution in [0.3, 0.4) is 0 Å². The summed E-state index contributed by atoms with van der Waals surface area (Å²) in [5.41, 5.74) is 0.0881. The number of nitriles is 1. The molecular weight excluding hydrogens is 358 g/mol. The third kappa shape index (κ3) is 4.29. The molecule has 0 bridgehead atoms. The molecule has 26 heavy (non-hydrogen) atoms. The molecule has 1 amide bonds. The minimum Gasteiger partial charge on any atom is -0.493 e. The molecule has 2 atom stereocenters. The molecule has 2 rings (SSSR count). The molecule has 136 valence electrons. The first-order valence-corrected chi connectivity index (χ1v) is 8.03. The molecule has 0 aromatic heterocycles. The number of benzene rings is 1. The van der Waals surface area contributed by atoms with Crippen molar-refractivity contribution in [3.05, 3.63) is 41.1 Å². The van der Waals surface area contributed by atoms with Crippen molar-refractivity contribution in [3.63, 3.8) is 0 Å². The number of para-hydroxylation sites is 1. The van der Waals surface area contributed by atoms with Crippen LogP contribution in [0.4, 0.5) is 0 Å². The standard InChI is InChI=1S/C17H17N3O5S/c1-9(16(22)23)25-14-10(4-3-5-13(14)24-2)6-7-12-11(8-18)15(21)20-17(26)19-12/h3-7,9,17,19,26H,1-2H3,(H,20,21)(H,22,23)/b7-6+. The molecule has 0 spiro atoms. The fourth-order valence-corrected chi connectivity index (χ4v) is 2.42. The maximum absolute atomic E-state index is 11.8. The number of amides is 1. The Hall–Kier alpha value is -3.12. The van der Waals surface area contributed by atoms with E-state index in [0.717, 1.165) is 0 Å². The van der Waals surface area contributed by atoms with E-state index < -0.39 is 23.5 Å². The zero-order valence-corrected chi connectivity index (χ0v) is 14.9. The van der Waals surface area contributed by atoms with Crippen molar-refractivity contribution in [2.24, 2.45) is 0 Å². The van der Waals surface area contributed by atoms with Crippen LogP contribution >= 0.6 is 12.6 Å². The van der Waals surface area contributed by atoms with Gasteiger partial charge in [-0.3, -0.25) is 4.79 Å². The summed E-state index contributed by atoms with van der Waals surface area (Å²) < 4.78 is 10.7. The van der Waals surface area contributed by atoms with Crippen molar-refractivity contribution in [2.45, 2.75) is 18.5 Å². The second kappa shape index (κ2) is 8.31. The number of aliphatic carboxylic acids is 1. The van der Waals surface area contributed by atoms with Gasteiger partial charge in [0.15, 0.2) is 17.6 Å². The molecule has 0 saturated carbocycles. The Morgan fingerprint density at radius 3 is 2.77 bits per heavy atom. The largest absolute Gasteiger partial charge is 0.493 e. The number of allylic oxidation sites excluding steroid dienone is 1. The van der Waals surface area contributed by atoms with Crippen molar-refractivity contribution < 1.29 is 24.2 Å². The molecule has 9 heteroatoms. The van der Waals surface area contributed by atoms with Crippen molar-refractivity contribution in [2.75, 3.05) is 7.11 Å². The highest BCUT2D eigenvalue weighted by molar-refractivity contribution is 7.80. The van der Waals surface area contributed by atoms with E-state index in [4.69, 9.17) is 19.8 Å². The Labute approximate surface area is 155 Å². The summed E-state index contributed by atoms with van der Waals surface area (Å²) in [6.45, 7) is 1.40. The van der Waals surface area contributed by atoms with Gasteiger partial charge >= 0.3 is 5.97 Å². The summed E-state index contributed by atoms with van der Waals surface area (Å²) in [4.78, 5) is 22.9. The van der Waals surface area contributed by atoms with Crippen LogP contribution in [0, 0.1) is 11.3 Å². The monoisotopic (exact) mass is 375 g/mol. The topological polar surface area (TPSA) is 121 Å². The van der Waals surface area contributed by atoms with Crippen LogP contribution in [0.2, 0.25) is 0 Å². The van der Waals surface area contributed by atoms with Gasteiger partial charge in [0.25, 0.3) is 5.91 Å². The summed E-state index contributed by atoms with van der Waals surface area (Å²) >= 11 is 4.13. The lowest BCUT2D eigenvalue weighted by molar-refractivity contribution is -0.144. The number of hydrogen-bond donors (Lipinski definition) is 4. The van der Waals surface area contributed by atoms with Gasteiger partial charge in [0, 0.05) is 5.56 Å². The highest BCUT2D eigenvalue weighted by Gasteiger charge is 2.23. The summed E-state index contributed by atoms with van der Waals surface area (Å²) in [6, 6.07) is 6.87. The fourth-order valence-electron chi connectivity index (χ4n) is 2.17. The lowest BCUT2D eigenvalue weighted by Gasteiger charge is -2.22. The molecule has 1 aromatic rings. The van der Waals surface area contributed by atoms with Gasteiger partial charge in [-0.2, -0.15) is 5.26 Å². The van der Waals surface area contributed by atoms with E-state index in [2.05, 4.69) is 23.3 Å². The van der Waals surface area contributed by atoms with Gasteiger partial charge in [-0.25, -0.2) is 4.79 Å². The minimum absolute atomic E-state index is 0.0872. The van der Waals surface area contributed by atoms with Crippen molar-refractivity contribution in [1.82, 2.24) is 10.6 Å². The molecule has 1 aliphatic rings. The second-order valence-corrected chi connectivity index (χ2v) is 5.75. The van der Waals surface area contributed by atoms with E-state index in [9.17, 15) is 9.59 Å². The summed E-state index contributed by atoms with van der Waals surface area (Å²) in [5.74, 6) is -1.06. The summed E-state index contributed by atoms with van der Waals surface area (Å²) in [6.07, 6.45) is 2.02. The Bertz CT molecular complexity index is 828. The first-order chi connectivity index (χ1) is 12.4. The Morgan fingerprint density at radius 1 is 1.42 bits per heavy atom. The predicted octanol–water partition coefficient (Wildman–Crippen LogP) is 1.27. The van der Waals surface area contributed by atoms with E-state index in [1.807, 2.05) is 6.07 Å². The lowest BCUT2D eigenvalue weighted by Crippen LogP contribution is -2.46. The van der Waals surface area contributed by atoms with E-state index in [0.29, 0.717) is 11.3 Å². The number of hydrogen-bond acceptors (Lipinski definition) is 7. The molecule has 8 nitrogen and oxygen atoms in total. The quantitative estimate of drug-likeness (QED) is 0.553. The highest BCUT2D eigenvalue weighted by atomic mass is 32.1. The van der Waals surface area contributed by atoms with Gasteiger partial charge in [0.2, 0.25) is 0 Å². The van der Waals surface area contributed by atoms with Crippen LogP contribution in [-0.4, -0.2) is 35.7 Å². The Kier molecular flexibility index (Phi) is 6.14. The highest BCUT2D eigenvalue weighted by Crippen LogP contribution is 2.33. The number of rotatable bonds is 6. The van der Waals surface area contributed by atoms with Gasteiger partial charge in [0.05, 0.1) is 12.8 Å². The number of thiol groups is 1. The number of carbonyl (C=O) groups excluding carboxylic acids is 1. The number of methoxy groups -OCH3 is 1. The van der Waals surface area contributed by atoms with Gasteiger partial charge in [0.1, 0.15) is 17.1 Å². The SMILES string of the molecule is COc1cccc(/C=C/C2=C(C#N)C(=O)NC(S)N2)c1OC(C)C(=O)O. The van der Waals surface area contributed by atoms with E-state index in [-0.39, 0.29) is 17.0 Å². The molecular formula is C17H17N3O5S. The van der Waals surface area contributed by atoms with Crippen molar-refractivity contribution in [1.29, 1.82) is 5.26 Å². The summed E-state index contributed by atoms with van der Waals surface area (Å²) in [5, 5.41) is 23.5. The van der Waals surface area contributed by atoms with Gasteiger partial charge in [-0.05, 0) is 25.1 Å². The minimum atomic E-state index is -1.12. The third-order valence-electron chi connectivity index (χ3n) is 3.47. The van der Waals surface area contributed by atoms with Gasteiger partial charge < -0.3 is 25.2 Å². The Morgan fingerprint density at radius 2 is 2.15 bits per heavy atom. The van der Waals surface area contributed by atoms with Crippen molar-refractivity contribution in [3.8, 4) is 17.6 Å². The molecule has 3 N–H and O–H groups in total. The smallest absolute Gasteiger partial charge is 0.344 e. The van der Waals surface area contributed by atoms with E-state index >= 15 is 0 Å². The fraction of sp³-hybridized carbons (Fsp3) is 0.235. The number of carboxylic acid groups (broad SMARTS) is 1. The van der Waals surface area contributed by atoms with Crippen LogP contribution < -0.4 is 20.1 Å². The molecule has 0 aliphatic carbocycles. The number of carboxylic acids is 1. The molecule has 0 radical (unpaired) electrons. The number of carbonyl (C=O) groups is 2. The number of nitrogens with zero attached hydrogens (tertiary/aromatic N) is 1. The van der Waals surface area contributed by atoms with Crippen LogP contribution in [-0.2, 0) is 9.59 Å². The Balaban J connectivity index is 2.42. The summed E-state index contributed by atoms with van der Waals surface area (Å²) in [7, 11) is 1.44. The molecule has 0 fully saturated rings. The van der Waals surface area contributed by atoms with Crippen LogP contribution in [0.15, 0.2) is 35.5 Å². The maximum atomic E-state index is 11.8. The zero-order chi connectivity index (χ0) is 19.3. The van der Waals surface area contributed by atoms with Crippen LogP contribution in [0.1, 0.15) is 12.5 Å². The first-order valence-electron chi connectivity index (χ1n) is 7.51. The molecule has 2 unspecified atom stereocenters. The average molecular weight is 375 g/mol. The van der Waals surface area contributed by atoms with E-state index in [1.165, 1.54) is 20.1 Å².